The van der Waals surface area contributed by atoms with Gasteiger partial charge < -0.3 is 15.9 Å². The van der Waals surface area contributed by atoms with E-state index >= 15 is 0 Å². The van der Waals surface area contributed by atoms with Gasteiger partial charge in [0.2, 0.25) is 0 Å². The van der Waals surface area contributed by atoms with Crippen LogP contribution < -0.4 is 0 Å². The van der Waals surface area contributed by atoms with Crippen LogP contribution in [0.15, 0.2) is 60.2 Å². The molecule has 1 unspecified atom stereocenters. The van der Waals surface area contributed by atoms with E-state index in [0.29, 0.717) is 5.92 Å². The molecule has 5 heteroatoms. The first-order valence-corrected chi connectivity index (χ1v) is 13.3. The second-order valence-electron chi connectivity index (χ2n) is 6.91. The number of benzene rings is 2. The Bertz CT molecular complexity index is 727. The molecule has 0 radical (unpaired) electrons. The van der Waals surface area contributed by atoms with E-state index < -0.39 is 17.0 Å². The fourth-order valence-corrected chi connectivity index (χ4v) is 2.65. The summed E-state index contributed by atoms with van der Waals surface area (Å²) in [6.45, 7) is 7.25. The van der Waals surface area contributed by atoms with E-state index in [-0.39, 0.29) is 0 Å². The average molecular weight is 456 g/mol. The van der Waals surface area contributed by atoms with E-state index in [2.05, 4.69) is 100 Å². The Balaban J connectivity index is 0.000000696. The van der Waals surface area contributed by atoms with Gasteiger partial charge in [0, 0.05) is 19.6 Å². The summed E-state index contributed by atoms with van der Waals surface area (Å²) in [5.41, 5.74) is 2.71. The number of hydrogen-bond donors (Lipinski definition) is 1. The van der Waals surface area contributed by atoms with Crippen LogP contribution in [0.2, 0.25) is 0 Å². The molecule has 0 heterocycles. The predicted molar refractivity (Wildman–Crippen MR) is 121 cm³/mol. The fourth-order valence-electron chi connectivity index (χ4n) is 2.65. The molecular weight excluding hydrogens is 425 g/mol. The number of likely N-dealkylation sites (N-methyl/N-ethyl adjacent to an activating group) is 1. The topological polar surface area (TPSA) is 23.5 Å². The minimum absolute atomic E-state index is 0.381. The summed E-state index contributed by atoms with van der Waals surface area (Å²) in [5.74, 6) is 1.80. The van der Waals surface area contributed by atoms with E-state index in [9.17, 15) is 0 Å². The van der Waals surface area contributed by atoms with Gasteiger partial charge in [0.15, 0.2) is 0 Å². The van der Waals surface area contributed by atoms with Crippen molar-refractivity contribution in [2.45, 2.75) is 26.7 Å². The normalized spacial score (nSPS) is 14.4. The summed E-state index contributed by atoms with van der Waals surface area (Å²) in [6, 6.07) is 16.4. The van der Waals surface area contributed by atoms with Crippen molar-refractivity contribution in [1.29, 1.82) is 0 Å². The molecule has 0 aromatic heterocycles. The molecule has 0 bridgehead atoms. The standard InChI is InChI=1S/C18H18N.C4H9.CH4O.2ClH.Ti/c1-19(2)13-17-8-5-9-18(17)16-11-10-14-6-3-4-7-15(14)12-16;1-4(2)3;1-2;;;/h3-11,18H,13H2,1-2H3;1-3H3;2H,1H3;2*1H;/q2*-1;;;;+2/p-2. The van der Waals surface area contributed by atoms with Crippen molar-refractivity contribution < 1.29 is 22.1 Å². The van der Waals surface area contributed by atoms with Gasteiger partial charge in [-0.1, -0.05) is 30.4 Å². The second-order valence-corrected chi connectivity index (χ2v) is 9.49. The quantitative estimate of drug-likeness (QED) is 0.428. The SMILES string of the molecule is CN(C)CC1=CC=CC1c1[c-]c2ccccc2cc1.CO.C[C-](C)C.[Cl][Ti][Cl]. The van der Waals surface area contributed by atoms with E-state index in [1.54, 1.807) is 0 Å². The number of hydrogen-bond acceptors (Lipinski definition) is 2. The van der Waals surface area contributed by atoms with Crippen LogP contribution in [-0.4, -0.2) is 37.8 Å². The number of aliphatic hydroxyl groups excluding tert-OH is 1. The molecular formula is C23H31Cl2NOTi-2. The first-order chi connectivity index (χ1) is 13.4. The van der Waals surface area contributed by atoms with Crippen LogP contribution in [0.4, 0.5) is 0 Å². The average Bonchev–Trinajstić information content (AvgIpc) is 3.10. The first-order valence-electron chi connectivity index (χ1n) is 8.99. The maximum atomic E-state index is 7.00. The van der Waals surface area contributed by atoms with Crippen molar-refractivity contribution in [1.82, 2.24) is 4.90 Å². The molecule has 0 saturated carbocycles. The molecule has 0 fully saturated rings. The Kier molecular flexibility index (Phi) is 15.9. The molecule has 154 valence electrons. The zero-order valence-electron chi connectivity index (χ0n) is 17.6. The molecule has 1 atom stereocenters. The minimum atomic E-state index is -0.556. The third-order valence-electron chi connectivity index (χ3n) is 3.53. The van der Waals surface area contributed by atoms with Crippen molar-refractivity contribution in [3.8, 4) is 0 Å². The van der Waals surface area contributed by atoms with Crippen LogP contribution in [-0.2, 0) is 17.0 Å². The number of nitrogens with zero attached hydrogens (tertiary/aromatic N) is 1. The van der Waals surface area contributed by atoms with E-state index in [1.807, 2.05) is 0 Å². The molecule has 1 aliphatic carbocycles. The predicted octanol–water partition coefficient (Wildman–Crippen LogP) is 6.39. The molecule has 0 spiro atoms. The molecule has 2 aromatic carbocycles. The third-order valence-corrected chi connectivity index (χ3v) is 3.53. The number of aliphatic hydroxyl groups is 1. The summed E-state index contributed by atoms with van der Waals surface area (Å²) < 4.78 is 0. The van der Waals surface area contributed by atoms with Crippen molar-refractivity contribution in [3.05, 3.63) is 77.7 Å². The van der Waals surface area contributed by atoms with Gasteiger partial charge >= 0.3 is 35.6 Å². The van der Waals surface area contributed by atoms with Crippen LogP contribution in [0.25, 0.3) is 10.8 Å². The maximum absolute atomic E-state index is 7.00. The summed E-state index contributed by atoms with van der Waals surface area (Å²) in [5, 5.41) is 9.45. The van der Waals surface area contributed by atoms with Crippen LogP contribution in [0, 0.1) is 12.0 Å². The molecule has 0 aliphatic heterocycles. The molecule has 28 heavy (non-hydrogen) atoms. The molecule has 1 N–H and O–H groups in total. The van der Waals surface area contributed by atoms with E-state index in [4.69, 9.17) is 23.7 Å². The van der Waals surface area contributed by atoms with Gasteiger partial charge in [-0.15, -0.1) is 46.7 Å². The molecule has 2 nitrogen and oxygen atoms in total. The molecule has 3 rings (SSSR count). The van der Waals surface area contributed by atoms with Crippen LogP contribution in [0.1, 0.15) is 32.3 Å². The van der Waals surface area contributed by atoms with Crippen LogP contribution >= 0.6 is 18.6 Å². The Morgan fingerprint density at radius 2 is 1.64 bits per heavy atom. The Morgan fingerprint density at radius 1 is 1.07 bits per heavy atom. The van der Waals surface area contributed by atoms with Crippen molar-refractivity contribution in [2.75, 3.05) is 27.7 Å². The molecule has 0 amide bonds. The summed E-state index contributed by atoms with van der Waals surface area (Å²) >= 11 is -0.556. The Labute approximate surface area is 187 Å². The monoisotopic (exact) mass is 455 g/mol. The van der Waals surface area contributed by atoms with Gasteiger partial charge in [0.1, 0.15) is 0 Å². The number of fused-ring (bicyclic) bond motifs is 1. The van der Waals surface area contributed by atoms with E-state index in [0.717, 1.165) is 13.7 Å². The molecule has 1 aliphatic rings. The van der Waals surface area contributed by atoms with Gasteiger partial charge in [-0.05, 0) is 19.7 Å². The van der Waals surface area contributed by atoms with Gasteiger partial charge in [-0.2, -0.15) is 20.8 Å². The van der Waals surface area contributed by atoms with Crippen LogP contribution in [0.5, 0.6) is 0 Å². The molecule has 0 saturated heterocycles. The summed E-state index contributed by atoms with van der Waals surface area (Å²) in [6.07, 6.45) is 6.65. The number of allylic oxidation sites excluding steroid dienone is 3. The third kappa shape index (κ3) is 10.8. The number of halogens is 2. The summed E-state index contributed by atoms with van der Waals surface area (Å²) in [4.78, 5) is 2.22. The van der Waals surface area contributed by atoms with Crippen molar-refractivity contribution in [2.24, 2.45) is 0 Å². The fraction of sp³-hybridized carbons (Fsp3) is 0.348. The van der Waals surface area contributed by atoms with Gasteiger partial charge in [0.25, 0.3) is 0 Å². The number of rotatable bonds is 3. The second kappa shape index (κ2) is 16.2. The van der Waals surface area contributed by atoms with Crippen LogP contribution in [0.3, 0.4) is 0 Å². The van der Waals surface area contributed by atoms with Gasteiger partial charge in [-0.25, -0.2) is 0 Å². The van der Waals surface area contributed by atoms with E-state index in [1.165, 1.54) is 27.8 Å². The summed E-state index contributed by atoms with van der Waals surface area (Å²) in [7, 11) is 15.0. The Hall–Kier alpha value is -0.606. The molecule has 2 aromatic rings. The van der Waals surface area contributed by atoms with Gasteiger partial charge in [0.05, 0.1) is 0 Å². The first kappa shape index (κ1) is 27.4. The zero-order valence-corrected chi connectivity index (χ0v) is 20.7. The van der Waals surface area contributed by atoms with Crippen molar-refractivity contribution >= 4 is 29.4 Å². The Morgan fingerprint density at radius 3 is 2.21 bits per heavy atom. The van der Waals surface area contributed by atoms with Crippen molar-refractivity contribution in [3.63, 3.8) is 0 Å². The van der Waals surface area contributed by atoms with Gasteiger partial charge in [-0.3, -0.25) is 0 Å². The zero-order chi connectivity index (χ0) is 21.5.